The van der Waals surface area contributed by atoms with Gasteiger partial charge in [-0.25, -0.2) is 19.7 Å². The van der Waals surface area contributed by atoms with Crippen LogP contribution in [0.25, 0.3) is 0 Å². The van der Waals surface area contributed by atoms with Gasteiger partial charge in [0.15, 0.2) is 5.13 Å². The summed E-state index contributed by atoms with van der Waals surface area (Å²) in [6.07, 6.45) is 5.45. The molecule has 3 N–H and O–H groups in total. The topological polar surface area (TPSA) is 125 Å². The number of amides is 2. The molecule has 0 spiro atoms. The van der Waals surface area contributed by atoms with E-state index < -0.39 is 12.0 Å². The van der Waals surface area contributed by atoms with Crippen LogP contribution in [-0.2, 0) is 6.54 Å². The molecule has 4 aromatic heterocycles. The third kappa shape index (κ3) is 5.59. The summed E-state index contributed by atoms with van der Waals surface area (Å²) >= 11 is 1.35. The van der Waals surface area contributed by atoms with Gasteiger partial charge in [0.05, 0.1) is 23.6 Å². The van der Waals surface area contributed by atoms with Crippen LogP contribution < -0.4 is 15.5 Å². The molecule has 0 bridgehead atoms. The number of pyridine rings is 2. The van der Waals surface area contributed by atoms with Crippen molar-refractivity contribution in [2.45, 2.75) is 32.4 Å². The smallest absolute Gasteiger partial charge is 0.409 e. The molecule has 4 aromatic rings. The second-order valence-corrected chi connectivity index (χ2v) is 9.59. The SMILES string of the molecule is Cc1cc(C(=O)Nc2nc([C@H]3CCCN3c3ccc(NC(=O)O)cn3)cs2)n(Cc2ccnc(F)c2)c1. The lowest BCUT2D eigenvalue weighted by Gasteiger charge is -2.24. The second-order valence-electron chi connectivity index (χ2n) is 8.74. The van der Waals surface area contributed by atoms with Gasteiger partial charge in [-0.15, -0.1) is 11.3 Å². The maximum Gasteiger partial charge on any atom is 0.409 e. The lowest BCUT2D eigenvalue weighted by atomic mass is 10.1. The molecule has 1 fully saturated rings. The number of aromatic nitrogens is 4. The van der Waals surface area contributed by atoms with Gasteiger partial charge >= 0.3 is 6.09 Å². The van der Waals surface area contributed by atoms with Crippen LogP contribution in [0.3, 0.4) is 0 Å². The summed E-state index contributed by atoms with van der Waals surface area (Å²) in [6, 6.07) is 8.31. The van der Waals surface area contributed by atoms with Crippen molar-refractivity contribution in [1.82, 2.24) is 19.5 Å². The Balaban J connectivity index is 1.29. The highest BCUT2D eigenvalue weighted by atomic mass is 32.1. The fourth-order valence-electron chi connectivity index (χ4n) is 4.48. The minimum absolute atomic E-state index is 0.000349. The molecule has 190 valence electrons. The lowest BCUT2D eigenvalue weighted by Crippen LogP contribution is -2.24. The van der Waals surface area contributed by atoms with Crippen molar-refractivity contribution in [2.75, 3.05) is 22.1 Å². The van der Waals surface area contributed by atoms with Crippen molar-refractivity contribution in [3.05, 3.63) is 82.8 Å². The third-order valence-electron chi connectivity index (χ3n) is 6.04. The summed E-state index contributed by atoms with van der Waals surface area (Å²) in [7, 11) is 0. The summed E-state index contributed by atoms with van der Waals surface area (Å²) in [5, 5.41) is 16.5. The zero-order valence-electron chi connectivity index (χ0n) is 19.9. The molecular formula is C25H24FN7O3S. The molecule has 5 rings (SSSR count). The Bertz CT molecular complexity index is 1440. The van der Waals surface area contributed by atoms with Gasteiger partial charge in [0.25, 0.3) is 5.91 Å². The number of nitrogens with zero attached hydrogens (tertiary/aromatic N) is 5. The molecule has 1 atom stereocenters. The second kappa shape index (κ2) is 10.3. The van der Waals surface area contributed by atoms with E-state index in [1.807, 2.05) is 18.5 Å². The van der Waals surface area contributed by atoms with Crippen LogP contribution in [0.2, 0.25) is 0 Å². The number of halogens is 1. The highest BCUT2D eigenvalue weighted by molar-refractivity contribution is 7.14. The van der Waals surface area contributed by atoms with E-state index in [9.17, 15) is 14.0 Å². The average Bonchev–Trinajstić information content (AvgIpc) is 3.59. The number of hydrogen-bond acceptors (Lipinski definition) is 7. The molecule has 0 saturated carbocycles. The normalized spacial score (nSPS) is 15.1. The van der Waals surface area contributed by atoms with E-state index in [-0.39, 0.29) is 11.9 Å². The molecule has 2 amide bonds. The summed E-state index contributed by atoms with van der Waals surface area (Å²) < 4.78 is 15.3. The summed E-state index contributed by atoms with van der Waals surface area (Å²) in [5.41, 5.74) is 3.31. The molecule has 0 unspecified atom stereocenters. The highest BCUT2D eigenvalue weighted by Gasteiger charge is 2.29. The molecule has 0 aromatic carbocycles. The molecule has 1 saturated heterocycles. The molecule has 5 heterocycles. The predicted molar refractivity (Wildman–Crippen MR) is 138 cm³/mol. The largest absolute Gasteiger partial charge is 0.465 e. The van der Waals surface area contributed by atoms with Gasteiger partial charge in [0.2, 0.25) is 5.95 Å². The van der Waals surface area contributed by atoms with Gasteiger partial charge < -0.3 is 14.6 Å². The van der Waals surface area contributed by atoms with Crippen molar-refractivity contribution in [2.24, 2.45) is 0 Å². The quantitative estimate of drug-likeness (QED) is 0.295. The molecule has 0 radical (unpaired) electrons. The summed E-state index contributed by atoms with van der Waals surface area (Å²) in [6.45, 7) is 3.03. The van der Waals surface area contributed by atoms with Crippen molar-refractivity contribution in [3.8, 4) is 0 Å². The van der Waals surface area contributed by atoms with Crippen LogP contribution in [0.1, 0.15) is 46.2 Å². The summed E-state index contributed by atoms with van der Waals surface area (Å²) in [5.74, 6) is -0.125. The minimum Gasteiger partial charge on any atom is -0.465 e. The van der Waals surface area contributed by atoms with E-state index in [1.165, 1.54) is 29.8 Å². The highest BCUT2D eigenvalue weighted by Crippen LogP contribution is 2.36. The molecule has 0 aliphatic carbocycles. The van der Waals surface area contributed by atoms with Crippen LogP contribution in [0.5, 0.6) is 0 Å². The van der Waals surface area contributed by atoms with Gasteiger partial charge in [-0.1, -0.05) is 0 Å². The van der Waals surface area contributed by atoms with Crippen LogP contribution in [0.4, 0.5) is 25.8 Å². The van der Waals surface area contributed by atoms with Gasteiger partial charge in [-0.2, -0.15) is 4.39 Å². The monoisotopic (exact) mass is 521 g/mol. The van der Waals surface area contributed by atoms with E-state index >= 15 is 0 Å². The Morgan fingerprint density at radius 2 is 2.08 bits per heavy atom. The van der Waals surface area contributed by atoms with E-state index in [0.717, 1.165) is 36.5 Å². The summed E-state index contributed by atoms with van der Waals surface area (Å²) in [4.78, 5) is 38.7. The van der Waals surface area contributed by atoms with Gasteiger partial charge in [0, 0.05) is 30.9 Å². The predicted octanol–water partition coefficient (Wildman–Crippen LogP) is 4.91. The van der Waals surface area contributed by atoms with Gasteiger partial charge in [0.1, 0.15) is 11.5 Å². The Hall–Kier alpha value is -4.32. The van der Waals surface area contributed by atoms with Crippen LogP contribution in [-0.4, -0.2) is 43.2 Å². The van der Waals surface area contributed by atoms with Gasteiger partial charge in [-0.3, -0.25) is 15.4 Å². The number of carbonyl (C=O) groups is 2. The van der Waals surface area contributed by atoms with E-state index in [2.05, 4.69) is 30.5 Å². The van der Waals surface area contributed by atoms with Crippen molar-refractivity contribution >= 4 is 40.0 Å². The molecule has 12 heteroatoms. The number of thiazole rings is 1. The van der Waals surface area contributed by atoms with E-state index in [1.54, 1.807) is 28.8 Å². The van der Waals surface area contributed by atoms with Crippen LogP contribution in [0, 0.1) is 12.9 Å². The first-order valence-corrected chi connectivity index (χ1v) is 12.5. The first-order chi connectivity index (χ1) is 17.9. The molecular weight excluding hydrogens is 497 g/mol. The van der Waals surface area contributed by atoms with Crippen LogP contribution in [0.15, 0.2) is 54.3 Å². The van der Waals surface area contributed by atoms with E-state index in [0.29, 0.717) is 28.6 Å². The standard InChI is InChI=1S/C25H24FN7O3S/c1-15-9-20(32(12-15)13-16-6-7-27-21(26)10-16)23(34)31-24-30-18(14-37-24)19-3-2-8-33(19)22-5-4-17(11-28-22)29-25(35)36/h4-7,9-12,14,19,29H,2-3,8,13H2,1H3,(H,35,36)(H,30,31,34)/t19-/m1/s1. The zero-order valence-corrected chi connectivity index (χ0v) is 20.7. The van der Waals surface area contributed by atoms with Gasteiger partial charge in [-0.05, 0) is 61.2 Å². The van der Waals surface area contributed by atoms with Crippen molar-refractivity contribution < 1.29 is 19.1 Å². The molecule has 1 aliphatic rings. The Morgan fingerprint density at radius 3 is 2.84 bits per heavy atom. The number of carboxylic acid groups (broad SMARTS) is 1. The fourth-order valence-corrected chi connectivity index (χ4v) is 5.23. The van der Waals surface area contributed by atoms with Crippen molar-refractivity contribution in [3.63, 3.8) is 0 Å². The molecule has 1 aliphatic heterocycles. The number of carbonyl (C=O) groups excluding carboxylic acids is 1. The van der Waals surface area contributed by atoms with Crippen LogP contribution >= 0.6 is 11.3 Å². The Morgan fingerprint density at radius 1 is 1.22 bits per heavy atom. The maximum atomic E-state index is 13.5. The lowest BCUT2D eigenvalue weighted by molar-refractivity contribution is 0.101. The fraction of sp³-hybridized carbons (Fsp3) is 0.240. The Labute approximate surface area is 215 Å². The number of hydrogen-bond donors (Lipinski definition) is 3. The Kier molecular flexibility index (Phi) is 6.82. The first kappa shape index (κ1) is 24.4. The maximum absolute atomic E-state index is 13.5. The number of rotatable bonds is 7. The number of aryl methyl sites for hydroxylation is 1. The zero-order chi connectivity index (χ0) is 25.9. The first-order valence-electron chi connectivity index (χ1n) is 11.6. The minimum atomic E-state index is -1.14. The average molecular weight is 522 g/mol. The van der Waals surface area contributed by atoms with E-state index in [4.69, 9.17) is 5.11 Å². The molecule has 37 heavy (non-hydrogen) atoms. The third-order valence-corrected chi connectivity index (χ3v) is 6.82. The number of nitrogens with one attached hydrogen (secondary N) is 2. The molecule has 10 nitrogen and oxygen atoms in total. The number of anilines is 3. The van der Waals surface area contributed by atoms with Crippen molar-refractivity contribution in [1.29, 1.82) is 0 Å².